The smallest absolute Gasteiger partial charge is 0.177 e. The first-order valence-corrected chi connectivity index (χ1v) is 9.23. The normalized spacial score (nSPS) is 11.0. The summed E-state index contributed by atoms with van der Waals surface area (Å²) >= 11 is 4.77. The van der Waals surface area contributed by atoms with E-state index in [9.17, 15) is 4.79 Å². The minimum Gasteiger partial charge on any atom is -0.396 e. The number of carbonyl (C=O) groups excluding carboxylic acids is 1. The van der Waals surface area contributed by atoms with Crippen molar-refractivity contribution in [2.75, 3.05) is 17.3 Å². The van der Waals surface area contributed by atoms with Gasteiger partial charge in [0.2, 0.25) is 0 Å². The fraction of sp³-hybridized carbons (Fsp3) is 0.357. The molecule has 2 aromatic heterocycles. The third kappa shape index (κ3) is 3.19. The predicted octanol–water partition coefficient (Wildman–Crippen LogP) is 4.56. The van der Waals surface area contributed by atoms with Gasteiger partial charge in [0.25, 0.3) is 0 Å². The number of nitrogens with one attached hydrogen (secondary N) is 1. The molecule has 3 nitrogen and oxygen atoms in total. The Balaban J connectivity index is 2.24. The highest BCUT2D eigenvalue weighted by Crippen LogP contribution is 2.42. The summed E-state index contributed by atoms with van der Waals surface area (Å²) in [4.78, 5) is 15.1. The highest BCUT2D eigenvalue weighted by Gasteiger charge is 2.22. The third-order valence-corrected chi connectivity index (χ3v) is 5.87. The molecular weight excluding hydrogens is 308 g/mol. The van der Waals surface area contributed by atoms with Gasteiger partial charge in [0, 0.05) is 10.8 Å². The van der Waals surface area contributed by atoms with E-state index in [1.165, 1.54) is 16.2 Å². The first-order valence-electron chi connectivity index (χ1n) is 6.31. The van der Waals surface area contributed by atoms with Gasteiger partial charge in [-0.1, -0.05) is 19.9 Å². The Bertz CT molecular complexity index is 588. The van der Waals surface area contributed by atoms with Crippen LogP contribution in [0.5, 0.6) is 0 Å². The summed E-state index contributed by atoms with van der Waals surface area (Å²) < 4.78 is 0. The number of nitrogen functional groups attached to an aromatic ring is 1. The molecule has 108 valence electrons. The van der Waals surface area contributed by atoms with Crippen LogP contribution < -0.4 is 11.1 Å². The van der Waals surface area contributed by atoms with Crippen molar-refractivity contribution >= 4 is 50.9 Å². The van der Waals surface area contributed by atoms with Crippen LogP contribution in [0.25, 0.3) is 0 Å². The highest BCUT2D eigenvalue weighted by molar-refractivity contribution is 7.99. The fourth-order valence-electron chi connectivity index (χ4n) is 1.77. The molecule has 6 heteroatoms. The first kappa shape index (κ1) is 15.4. The summed E-state index contributed by atoms with van der Waals surface area (Å²) in [6, 6.07) is 4.13. The van der Waals surface area contributed by atoms with Crippen LogP contribution in [-0.4, -0.2) is 12.0 Å². The Labute approximate surface area is 131 Å². The summed E-state index contributed by atoms with van der Waals surface area (Å²) in [6.07, 6.45) is 1.98. The van der Waals surface area contributed by atoms with Crippen LogP contribution in [0.15, 0.2) is 22.4 Å². The van der Waals surface area contributed by atoms with Crippen LogP contribution in [-0.2, 0) is 6.54 Å². The van der Waals surface area contributed by atoms with E-state index in [0.717, 1.165) is 16.4 Å². The number of anilines is 2. The van der Waals surface area contributed by atoms with Gasteiger partial charge in [0.05, 0.1) is 22.0 Å². The number of rotatable bonds is 6. The number of hydrogen-bond acceptors (Lipinski definition) is 6. The summed E-state index contributed by atoms with van der Waals surface area (Å²) in [5.74, 6) is 0.0859. The third-order valence-electron chi connectivity index (χ3n) is 2.86. The molecule has 2 aromatic rings. The molecule has 0 aromatic carbocycles. The molecule has 0 amide bonds. The molecular formula is C14H18N2OS3. The lowest BCUT2D eigenvalue weighted by Crippen LogP contribution is -2.07. The van der Waals surface area contributed by atoms with E-state index >= 15 is 0 Å². The molecule has 0 saturated carbocycles. The van der Waals surface area contributed by atoms with E-state index in [0.29, 0.717) is 10.6 Å². The number of carbonyl (C=O) groups is 1. The molecule has 0 unspecified atom stereocenters. The molecule has 0 radical (unpaired) electrons. The Morgan fingerprint density at radius 3 is 2.80 bits per heavy atom. The largest absolute Gasteiger partial charge is 0.396 e. The van der Waals surface area contributed by atoms with Crippen LogP contribution >= 0.6 is 34.4 Å². The van der Waals surface area contributed by atoms with Gasteiger partial charge in [-0.3, -0.25) is 4.79 Å². The van der Waals surface area contributed by atoms with Crippen molar-refractivity contribution in [1.82, 2.24) is 0 Å². The quantitative estimate of drug-likeness (QED) is 0.603. The number of thiophene rings is 2. The van der Waals surface area contributed by atoms with E-state index in [1.807, 2.05) is 26.2 Å². The van der Waals surface area contributed by atoms with Crippen LogP contribution in [0.3, 0.4) is 0 Å². The lowest BCUT2D eigenvalue weighted by atomic mass is 10.1. The van der Waals surface area contributed by atoms with Crippen LogP contribution in [0.1, 0.15) is 28.4 Å². The van der Waals surface area contributed by atoms with Gasteiger partial charge < -0.3 is 11.1 Å². The predicted molar refractivity (Wildman–Crippen MR) is 91.3 cm³/mol. The lowest BCUT2D eigenvalue weighted by molar-refractivity contribution is 0.0944. The zero-order valence-corrected chi connectivity index (χ0v) is 14.2. The van der Waals surface area contributed by atoms with Crippen LogP contribution in [0.2, 0.25) is 0 Å². The van der Waals surface area contributed by atoms with E-state index in [4.69, 9.17) is 5.73 Å². The Morgan fingerprint density at radius 2 is 2.25 bits per heavy atom. The summed E-state index contributed by atoms with van der Waals surface area (Å²) in [5.41, 5.74) is 6.75. The molecule has 20 heavy (non-hydrogen) atoms. The van der Waals surface area contributed by atoms with Crippen molar-refractivity contribution in [3.8, 4) is 0 Å². The maximum absolute atomic E-state index is 12.2. The minimum absolute atomic E-state index is 0.0317. The van der Waals surface area contributed by atoms with Crippen molar-refractivity contribution in [3.05, 3.63) is 27.3 Å². The van der Waals surface area contributed by atoms with Gasteiger partial charge in [0.1, 0.15) is 5.00 Å². The fourth-order valence-corrected chi connectivity index (χ4v) is 4.54. The van der Waals surface area contributed by atoms with Crippen molar-refractivity contribution in [3.63, 3.8) is 0 Å². The molecule has 3 N–H and O–H groups in total. The molecule has 0 aliphatic heterocycles. The molecule has 0 spiro atoms. The number of nitrogens with two attached hydrogens (primary N) is 1. The number of Topliss-reactive ketones (excluding diaryl/α,β-unsaturated/α-hetero) is 1. The molecule has 2 heterocycles. The van der Waals surface area contributed by atoms with Crippen molar-refractivity contribution in [2.45, 2.75) is 25.3 Å². The lowest BCUT2D eigenvalue weighted by Gasteiger charge is -2.04. The summed E-state index contributed by atoms with van der Waals surface area (Å²) in [7, 11) is 0. The monoisotopic (exact) mass is 326 g/mol. The number of ketones is 1. The summed E-state index contributed by atoms with van der Waals surface area (Å²) in [5, 5.41) is 6.45. The highest BCUT2D eigenvalue weighted by atomic mass is 32.2. The van der Waals surface area contributed by atoms with Crippen molar-refractivity contribution < 1.29 is 4.79 Å². The van der Waals surface area contributed by atoms with E-state index in [1.54, 1.807) is 23.1 Å². The average molecular weight is 327 g/mol. The average Bonchev–Trinajstić information content (AvgIpc) is 3.03. The van der Waals surface area contributed by atoms with Gasteiger partial charge >= 0.3 is 0 Å². The second kappa shape index (κ2) is 6.65. The SMILES string of the molecule is CSc1c(NCc2cccs2)sc(C(=O)C(C)C)c1N. The van der Waals surface area contributed by atoms with Gasteiger partial charge in [-0.25, -0.2) is 0 Å². The topological polar surface area (TPSA) is 55.1 Å². The number of hydrogen-bond donors (Lipinski definition) is 2. The molecule has 0 saturated heterocycles. The van der Waals surface area contributed by atoms with Gasteiger partial charge in [0.15, 0.2) is 5.78 Å². The van der Waals surface area contributed by atoms with Crippen LogP contribution in [0.4, 0.5) is 10.7 Å². The maximum Gasteiger partial charge on any atom is 0.177 e. The van der Waals surface area contributed by atoms with Gasteiger partial charge in [-0.05, 0) is 17.7 Å². The Hall–Kier alpha value is -0.980. The zero-order valence-electron chi connectivity index (χ0n) is 11.7. The second-order valence-corrected chi connectivity index (χ2v) is 7.53. The Morgan fingerprint density at radius 1 is 1.50 bits per heavy atom. The molecule has 0 bridgehead atoms. The Kier molecular flexibility index (Phi) is 5.12. The van der Waals surface area contributed by atoms with E-state index in [-0.39, 0.29) is 11.7 Å². The second-order valence-electron chi connectivity index (χ2n) is 4.66. The van der Waals surface area contributed by atoms with Gasteiger partial charge in [-0.2, -0.15) is 0 Å². The minimum atomic E-state index is -0.0317. The molecule has 0 fully saturated rings. The zero-order chi connectivity index (χ0) is 14.7. The summed E-state index contributed by atoms with van der Waals surface area (Å²) in [6.45, 7) is 4.57. The van der Waals surface area contributed by atoms with E-state index in [2.05, 4.69) is 16.8 Å². The first-order chi connectivity index (χ1) is 9.54. The maximum atomic E-state index is 12.2. The standard InChI is InChI=1S/C14H18N2OS3/c1-8(2)11(17)12-10(15)13(18-3)14(20-12)16-7-9-5-4-6-19-9/h4-6,8,16H,7,15H2,1-3H3. The van der Waals surface area contributed by atoms with Crippen molar-refractivity contribution in [1.29, 1.82) is 0 Å². The number of thioether (sulfide) groups is 1. The molecule has 2 rings (SSSR count). The molecule has 0 atom stereocenters. The van der Waals surface area contributed by atoms with Crippen LogP contribution in [0, 0.1) is 5.92 Å². The molecule has 0 aliphatic carbocycles. The molecule has 0 aliphatic rings. The van der Waals surface area contributed by atoms with Crippen molar-refractivity contribution in [2.24, 2.45) is 5.92 Å². The van der Waals surface area contributed by atoms with Gasteiger partial charge in [-0.15, -0.1) is 34.4 Å². The van der Waals surface area contributed by atoms with E-state index < -0.39 is 0 Å².